The van der Waals surface area contributed by atoms with Crippen molar-refractivity contribution in [2.45, 2.75) is 13.8 Å². The molecule has 0 unspecified atom stereocenters. The van der Waals surface area contributed by atoms with E-state index in [1.807, 2.05) is 6.07 Å². The molecule has 0 radical (unpaired) electrons. The van der Waals surface area contributed by atoms with Gasteiger partial charge in [0.2, 0.25) is 0 Å². The summed E-state index contributed by atoms with van der Waals surface area (Å²) in [5.41, 5.74) is 1.77. The molecule has 0 saturated heterocycles. The van der Waals surface area contributed by atoms with Crippen molar-refractivity contribution < 1.29 is 4.79 Å². The number of rotatable bonds is 5. The van der Waals surface area contributed by atoms with Crippen LogP contribution in [0.5, 0.6) is 0 Å². The lowest BCUT2D eigenvalue weighted by molar-refractivity contribution is 0.102. The molecule has 0 spiro atoms. The van der Waals surface area contributed by atoms with Crippen molar-refractivity contribution in [3.63, 3.8) is 0 Å². The maximum atomic E-state index is 12.2. The van der Waals surface area contributed by atoms with Gasteiger partial charge in [0, 0.05) is 24.1 Å². The molecule has 0 aliphatic rings. The second-order valence-corrected chi connectivity index (χ2v) is 6.10. The maximum absolute atomic E-state index is 12.2. The van der Waals surface area contributed by atoms with Crippen molar-refractivity contribution in [2.75, 3.05) is 17.2 Å². The molecule has 2 rings (SSSR count). The Hall–Kier alpha value is -1.78. The van der Waals surface area contributed by atoms with Gasteiger partial charge in [-0.05, 0) is 36.2 Å². The highest BCUT2D eigenvalue weighted by molar-refractivity contribution is 6.42. The molecule has 1 aromatic carbocycles. The largest absolute Gasteiger partial charge is 0.385 e. The van der Waals surface area contributed by atoms with Crippen LogP contribution in [0.3, 0.4) is 0 Å². The van der Waals surface area contributed by atoms with Crippen LogP contribution in [0.4, 0.5) is 11.4 Å². The molecule has 1 amide bonds. The molecular weight excluding hydrogens is 321 g/mol. The Labute approximate surface area is 139 Å². The van der Waals surface area contributed by atoms with Gasteiger partial charge in [0.05, 0.1) is 10.0 Å². The van der Waals surface area contributed by atoms with E-state index in [9.17, 15) is 4.79 Å². The Morgan fingerprint density at radius 2 is 1.91 bits per heavy atom. The number of anilines is 2. The molecule has 4 nitrogen and oxygen atoms in total. The van der Waals surface area contributed by atoms with Crippen LogP contribution in [0.25, 0.3) is 0 Å². The Balaban J connectivity index is 2.08. The Bertz CT molecular complexity index is 674. The number of carbonyl (C=O) groups excluding carboxylic acids is 1. The van der Waals surface area contributed by atoms with E-state index < -0.39 is 0 Å². The van der Waals surface area contributed by atoms with E-state index in [1.165, 1.54) is 0 Å². The molecule has 1 aromatic heterocycles. The number of pyridine rings is 1. The van der Waals surface area contributed by atoms with E-state index in [0.717, 1.165) is 12.2 Å². The van der Waals surface area contributed by atoms with Crippen molar-refractivity contribution in [3.05, 3.63) is 52.3 Å². The zero-order valence-corrected chi connectivity index (χ0v) is 13.9. The Kier molecular flexibility index (Phi) is 5.63. The fourth-order valence-electron chi connectivity index (χ4n) is 1.76. The minimum Gasteiger partial charge on any atom is -0.385 e. The number of amides is 1. The molecular formula is C16H17Cl2N3O. The number of hydrogen-bond donors (Lipinski definition) is 2. The fraction of sp³-hybridized carbons (Fsp3) is 0.250. The summed E-state index contributed by atoms with van der Waals surface area (Å²) < 4.78 is 0. The molecule has 0 aliphatic carbocycles. The topological polar surface area (TPSA) is 54.0 Å². The van der Waals surface area contributed by atoms with E-state index in [-0.39, 0.29) is 5.91 Å². The lowest BCUT2D eigenvalue weighted by Gasteiger charge is -2.10. The maximum Gasteiger partial charge on any atom is 0.274 e. The van der Waals surface area contributed by atoms with Gasteiger partial charge >= 0.3 is 0 Å². The molecule has 6 heteroatoms. The summed E-state index contributed by atoms with van der Waals surface area (Å²) in [6.45, 7) is 5.07. The van der Waals surface area contributed by atoms with Gasteiger partial charge in [-0.2, -0.15) is 0 Å². The lowest BCUT2D eigenvalue weighted by atomic mass is 10.2. The summed E-state index contributed by atoms with van der Waals surface area (Å²) in [6.07, 6.45) is 1.60. The van der Waals surface area contributed by atoms with Crippen LogP contribution in [-0.4, -0.2) is 17.4 Å². The number of carbonyl (C=O) groups is 1. The predicted octanol–water partition coefficient (Wildman–Crippen LogP) is 4.71. The first-order valence-electron chi connectivity index (χ1n) is 6.92. The smallest absolute Gasteiger partial charge is 0.274 e. The highest BCUT2D eigenvalue weighted by Gasteiger charge is 2.09. The summed E-state index contributed by atoms with van der Waals surface area (Å²) in [5, 5.41) is 6.84. The van der Waals surface area contributed by atoms with Gasteiger partial charge in [-0.3, -0.25) is 9.78 Å². The van der Waals surface area contributed by atoms with Crippen LogP contribution in [0.2, 0.25) is 10.0 Å². The monoisotopic (exact) mass is 337 g/mol. The van der Waals surface area contributed by atoms with Crippen LogP contribution >= 0.6 is 23.2 Å². The molecule has 2 aromatic rings. The summed E-state index contributed by atoms with van der Waals surface area (Å²) >= 11 is 11.8. The highest BCUT2D eigenvalue weighted by atomic mass is 35.5. The Morgan fingerprint density at radius 3 is 2.59 bits per heavy atom. The molecule has 0 bridgehead atoms. The zero-order chi connectivity index (χ0) is 16.1. The zero-order valence-electron chi connectivity index (χ0n) is 12.4. The van der Waals surface area contributed by atoms with Crippen LogP contribution in [-0.2, 0) is 0 Å². The quantitative estimate of drug-likeness (QED) is 0.830. The molecule has 0 fully saturated rings. The summed E-state index contributed by atoms with van der Waals surface area (Å²) in [5.74, 6) is 0.216. The van der Waals surface area contributed by atoms with Crippen molar-refractivity contribution in [3.8, 4) is 0 Å². The normalized spacial score (nSPS) is 10.6. The first-order chi connectivity index (χ1) is 10.5. The number of halogens is 2. The first kappa shape index (κ1) is 16.6. The van der Waals surface area contributed by atoms with Gasteiger partial charge in [0.15, 0.2) is 0 Å². The van der Waals surface area contributed by atoms with Crippen molar-refractivity contribution in [1.29, 1.82) is 0 Å². The molecule has 0 saturated carbocycles. The van der Waals surface area contributed by atoms with Crippen LogP contribution in [0.15, 0.2) is 36.5 Å². The van der Waals surface area contributed by atoms with Crippen molar-refractivity contribution >= 4 is 40.5 Å². The van der Waals surface area contributed by atoms with E-state index in [4.69, 9.17) is 23.2 Å². The standard InChI is InChI=1S/C16H17Cl2N3O/c1-10(2)9-20-11-5-6-19-15(8-11)16(22)21-12-3-4-13(17)14(18)7-12/h3-8,10H,9H2,1-2H3,(H,19,20)(H,21,22). The molecule has 0 atom stereocenters. The third kappa shape index (κ3) is 4.61. The second-order valence-electron chi connectivity index (χ2n) is 5.29. The lowest BCUT2D eigenvalue weighted by Crippen LogP contribution is -2.14. The van der Waals surface area contributed by atoms with E-state index in [0.29, 0.717) is 27.3 Å². The summed E-state index contributed by atoms with van der Waals surface area (Å²) in [4.78, 5) is 16.3. The van der Waals surface area contributed by atoms with Crippen LogP contribution in [0, 0.1) is 5.92 Å². The third-order valence-electron chi connectivity index (χ3n) is 2.88. The highest BCUT2D eigenvalue weighted by Crippen LogP contribution is 2.25. The molecule has 22 heavy (non-hydrogen) atoms. The van der Waals surface area contributed by atoms with Gasteiger partial charge in [-0.1, -0.05) is 37.0 Å². The van der Waals surface area contributed by atoms with Crippen molar-refractivity contribution in [1.82, 2.24) is 4.98 Å². The molecule has 2 N–H and O–H groups in total. The van der Waals surface area contributed by atoms with E-state index >= 15 is 0 Å². The molecule has 1 heterocycles. The van der Waals surface area contributed by atoms with Gasteiger partial charge in [0.25, 0.3) is 5.91 Å². The van der Waals surface area contributed by atoms with Gasteiger partial charge in [-0.25, -0.2) is 0 Å². The summed E-state index contributed by atoms with van der Waals surface area (Å²) in [6, 6.07) is 8.47. The summed E-state index contributed by atoms with van der Waals surface area (Å²) in [7, 11) is 0. The van der Waals surface area contributed by atoms with Gasteiger partial charge < -0.3 is 10.6 Å². The molecule has 0 aliphatic heterocycles. The SMILES string of the molecule is CC(C)CNc1ccnc(C(=O)Nc2ccc(Cl)c(Cl)c2)c1. The first-order valence-corrected chi connectivity index (χ1v) is 7.67. The predicted molar refractivity (Wildman–Crippen MR) is 92.0 cm³/mol. The minimum atomic E-state index is -0.299. The third-order valence-corrected chi connectivity index (χ3v) is 3.62. The minimum absolute atomic E-state index is 0.299. The van der Waals surface area contributed by atoms with Gasteiger partial charge in [0.1, 0.15) is 5.69 Å². The Morgan fingerprint density at radius 1 is 1.14 bits per heavy atom. The number of nitrogens with one attached hydrogen (secondary N) is 2. The number of hydrogen-bond acceptors (Lipinski definition) is 3. The van der Waals surface area contributed by atoms with Crippen LogP contribution in [0.1, 0.15) is 24.3 Å². The van der Waals surface area contributed by atoms with Crippen molar-refractivity contribution in [2.24, 2.45) is 5.92 Å². The fourth-order valence-corrected chi connectivity index (χ4v) is 2.05. The van der Waals surface area contributed by atoms with Crippen LogP contribution < -0.4 is 10.6 Å². The second kappa shape index (κ2) is 7.47. The number of benzene rings is 1. The van der Waals surface area contributed by atoms with Gasteiger partial charge in [-0.15, -0.1) is 0 Å². The van der Waals surface area contributed by atoms with E-state index in [1.54, 1.807) is 30.5 Å². The number of nitrogens with zero attached hydrogens (tertiary/aromatic N) is 1. The molecule has 116 valence electrons. The van der Waals surface area contributed by atoms with E-state index in [2.05, 4.69) is 29.5 Å². The number of aromatic nitrogens is 1. The average molecular weight is 338 g/mol. The average Bonchev–Trinajstić information content (AvgIpc) is 2.49.